The van der Waals surface area contributed by atoms with Gasteiger partial charge in [0.05, 0.1) is 5.56 Å². The van der Waals surface area contributed by atoms with Crippen LogP contribution in [0.2, 0.25) is 0 Å². The molecule has 1 aliphatic rings. The Kier molecular flexibility index (Phi) is 4.42. The smallest absolute Gasteiger partial charge is 0.183 e. The first kappa shape index (κ1) is 12.9. The highest BCUT2D eigenvalue weighted by Crippen LogP contribution is 2.32. The Morgan fingerprint density at radius 3 is 2.82 bits per heavy atom. The van der Waals surface area contributed by atoms with Crippen LogP contribution in [-0.2, 0) is 0 Å². The van der Waals surface area contributed by atoms with E-state index in [-0.39, 0.29) is 15.8 Å². The predicted octanol–water partition coefficient (Wildman–Crippen LogP) is 4.01. The molecule has 0 bridgehead atoms. The molecule has 0 aromatic heterocycles. The molecule has 17 heavy (non-hydrogen) atoms. The van der Waals surface area contributed by atoms with E-state index in [1.165, 1.54) is 12.8 Å². The molecule has 0 N–H and O–H groups in total. The molecule has 0 spiro atoms. The highest BCUT2D eigenvalue weighted by Gasteiger charge is 2.34. The van der Waals surface area contributed by atoms with E-state index in [1.54, 1.807) is 0 Å². The van der Waals surface area contributed by atoms with Crippen molar-refractivity contribution in [1.82, 2.24) is 0 Å². The van der Waals surface area contributed by atoms with Gasteiger partial charge in [-0.05, 0) is 25.0 Å². The molecule has 1 heterocycles. The van der Waals surface area contributed by atoms with Crippen LogP contribution in [0.5, 0.6) is 5.75 Å². The number of halogens is 1. The van der Waals surface area contributed by atoms with Crippen molar-refractivity contribution in [2.24, 2.45) is 0 Å². The average Bonchev–Trinajstić information content (AvgIpc) is 2.35. The summed E-state index contributed by atoms with van der Waals surface area (Å²) in [7, 11) is 0. The number of ether oxygens (including phenoxy) is 1. The molecule has 2 atom stereocenters. The molecule has 2 unspecified atom stereocenters. The first-order chi connectivity index (χ1) is 8.24. The Balaban J connectivity index is 2.11. The minimum Gasteiger partial charge on any atom is -0.488 e. The van der Waals surface area contributed by atoms with Crippen molar-refractivity contribution in [1.29, 1.82) is 0 Å². The first-order valence-electron chi connectivity index (χ1n) is 6.18. The molecular formula is C14H17IO2. The number of ketones is 1. The Bertz CT molecular complexity index is 403. The zero-order chi connectivity index (χ0) is 12.3. The normalized spacial score (nSPS) is 23.1. The quantitative estimate of drug-likeness (QED) is 0.469. The molecule has 2 rings (SSSR count). The largest absolute Gasteiger partial charge is 0.488 e. The number of para-hydroxylation sites is 1. The number of carbonyl (C=O) groups excluding carboxylic acids is 1. The minimum absolute atomic E-state index is 0.0423. The number of benzene rings is 1. The van der Waals surface area contributed by atoms with E-state index in [2.05, 4.69) is 29.5 Å². The van der Waals surface area contributed by atoms with Gasteiger partial charge in [0.25, 0.3) is 0 Å². The number of unbranched alkanes of at least 4 members (excludes halogenated alkanes) is 2. The van der Waals surface area contributed by atoms with Crippen molar-refractivity contribution in [3.05, 3.63) is 29.8 Å². The van der Waals surface area contributed by atoms with Gasteiger partial charge in [-0.3, -0.25) is 4.79 Å². The third-order valence-corrected chi connectivity index (χ3v) is 4.47. The maximum Gasteiger partial charge on any atom is 0.183 e. The highest BCUT2D eigenvalue weighted by atomic mass is 127. The van der Waals surface area contributed by atoms with E-state index in [0.29, 0.717) is 0 Å². The summed E-state index contributed by atoms with van der Waals surface area (Å²) in [5, 5.41) is 0. The zero-order valence-electron chi connectivity index (χ0n) is 9.99. The average molecular weight is 344 g/mol. The van der Waals surface area contributed by atoms with Gasteiger partial charge in [0.1, 0.15) is 15.8 Å². The Hall–Kier alpha value is -0.580. The van der Waals surface area contributed by atoms with Gasteiger partial charge < -0.3 is 4.74 Å². The fourth-order valence-electron chi connectivity index (χ4n) is 2.11. The molecule has 1 aliphatic heterocycles. The molecular weight excluding hydrogens is 327 g/mol. The third-order valence-electron chi connectivity index (χ3n) is 3.10. The predicted molar refractivity (Wildman–Crippen MR) is 77.1 cm³/mol. The topological polar surface area (TPSA) is 26.3 Å². The second kappa shape index (κ2) is 5.85. The van der Waals surface area contributed by atoms with Gasteiger partial charge in [0.2, 0.25) is 0 Å². The van der Waals surface area contributed by atoms with Crippen LogP contribution in [0.3, 0.4) is 0 Å². The van der Waals surface area contributed by atoms with E-state index in [9.17, 15) is 4.79 Å². The van der Waals surface area contributed by atoms with Crippen molar-refractivity contribution < 1.29 is 9.53 Å². The summed E-state index contributed by atoms with van der Waals surface area (Å²) in [6, 6.07) is 7.55. The maximum atomic E-state index is 12.2. The molecule has 0 radical (unpaired) electrons. The van der Waals surface area contributed by atoms with Crippen molar-refractivity contribution in [3.8, 4) is 5.75 Å². The number of fused-ring (bicyclic) bond motifs is 1. The van der Waals surface area contributed by atoms with Crippen molar-refractivity contribution in [2.75, 3.05) is 0 Å². The molecule has 92 valence electrons. The monoisotopic (exact) mass is 344 g/mol. The van der Waals surface area contributed by atoms with Crippen LogP contribution < -0.4 is 4.74 Å². The highest BCUT2D eigenvalue weighted by molar-refractivity contribution is 14.1. The van der Waals surface area contributed by atoms with Crippen LogP contribution in [0.4, 0.5) is 0 Å². The molecule has 1 aromatic carbocycles. The lowest BCUT2D eigenvalue weighted by Gasteiger charge is -2.29. The standard InChI is InChI=1S/C14H17IO2/c1-2-3-4-9-12-13(15)14(16)10-7-5-6-8-11(10)17-12/h5-8,12-13H,2-4,9H2,1H3. The Morgan fingerprint density at radius 1 is 1.29 bits per heavy atom. The zero-order valence-corrected chi connectivity index (χ0v) is 12.1. The van der Waals surface area contributed by atoms with Gasteiger partial charge in [-0.1, -0.05) is 54.5 Å². The van der Waals surface area contributed by atoms with Crippen LogP contribution in [0, 0.1) is 0 Å². The van der Waals surface area contributed by atoms with Crippen molar-refractivity contribution >= 4 is 28.4 Å². The number of alkyl halides is 1. The van der Waals surface area contributed by atoms with E-state index in [0.717, 1.165) is 24.2 Å². The van der Waals surface area contributed by atoms with E-state index < -0.39 is 0 Å². The van der Waals surface area contributed by atoms with Crippen LogP contribution in [0.15, 0.2) is 24.3 Å². The van der Waals surface area contributed by atoms with E-state index >= 15 is 0 Å². The van der Waals surface area contributed by atoms with Crippen LogP contribution in [0.25, 0.3) is 0 Å². The van der Waals surface area contributed by atoms with Gasteiger partial charge >= 0.3 is 0 Å². The summed E-state index contributed by atoms with van der Waals surface area (Å²) in [6.07, 6.45) is 4.56. The summed E-state index contributed by atoms with van der Waals surface area (Å²) < 4.78 is 5.89. The Labute approximate surface area is 116 Å². The van der Waals surface area contributed by atoms with Crippen molar-refractivity contribution in [2.45, 2.75) is 42.6 Å². The number of Topliss-reactive ketones (excluding diaryl/α,β-unsaturated/α-hetero) is 1. The summed E-state index contributed by atoms with van der Waals surface area (Å²) in [4.78, 5) is 12.2. The lowest BCUT2D eigenvalue weighted by molar-refractivity contribution is 0.0867. The molecule has 0 saturated carbocycles. The van der Waals surface area contributed by atoms with Crippen molar-refractivity contribution in [3.63, 3.8) is 0 Å². The van der Waals surface area contributed by atoms with E-state index in [4.69, 9.17) is 4.74 Å². The van der Waals surface area contributed by atoms with Crippen LogP contribution >= 0.6 is 22.6 Å². The number of hydrogen-bond acceptors (Lipinski definition) is 2. The molecule has 0 aliphatic carbocycles. The van der Waals surface area contributed by atoms with Gasteiger partial charge in [0.15, 0.2) is 5.78 Å². The fourth-order valence-corrected chi connectivity index (χ4v) is 2.96. The Morgan fingerprint density at radius 2 is 2.06 bits per heavy atom. The molecule has 2 nitrogen and oxygen atoms in total. The fraction of sp³-hybridized carbons (Fsp3) is 0.500. The summed E-state index contributed by atoms with van der Waals surface area (Å²) in [6.45, 7) is 2.18. The summed E-state index contributed by atoms with van der Waals surface area (Å²) >= 11 is 2.22. The molecule has 1 aromatic rings. The third kappa shape index (κ3) is 2.81. The van der Waals surface area contributed by atoms with Crippen LogP contribution in [0.1, 0.15) is 43.0 Å². The number of carbonyl (C=O) groups is 1. The summed E-state index contributed by atoms with van der Waals surface area (Å²) in [5.74, 6) is 0.973. The van der Waals surface area contributed by atoms with Crippen LogP contribution in [-0.4, -0.2) is 15.8 Å². The van der Waals surface area contributed by atoms with Gasteiger partial charge in [0, 0.05) is 0 Å². The second-order valence-electron chi connectivity index (χ2n) is 4.41. The van der Waals surface area contributed by atoms with Gasteiger partial charge in [-0.15, -0.1) is 0 Å². The van der Waals surface area contributed by atoms with Gasteiger partial charge in [-0.25, -0.2) is 0 Å². The first-order valence-corrected chi connectivity index (χ1v) is 7.42. The van der Waals surface area contributed by atoms with E-state index in [1.807, 2.05) is 24.3 Å². The van der Waals surface area contributed by atoms with Gasteiger partial charge in [-0.2, -0.15) is 0 Å². The molecule has 0 amide bonds. The lowest BCUT2D eigenvalue weighted by atomic mass is 9.97. The second-order valence-corrected chi connectivity index (χ2v) is 5.76. The SMILES string of the molecule is CCCCCC1Oc2ccccc2C(=O)C1I. The number of rotatable bonds is 4. The molecule has 3 heteroatoms. The summed E-state index contributed by atoms with van der Waals surface area (Å²) in [5.41, 5.74) is 0.735. The maximum absolute atomic E-state index is 12.2. The lowest BCUT2D eigenvalue weighted by Crippen LogP contribution is -2.38. The minimum atomic E-state index is -0.0423. The molecule has 0 saturated heterocycles. The molecule has 0 fully saturated rings. The number of hydrogen-bond donors (Lipinski definition) is 0.